The van der Waals surface area contributed by atoms with Gasteiger partial charge in [-0.3, -0.25) is 0 Å². The maximum Gasteiger partial charge on any atom is 0.225 e. The lowest BCUT2D eigenvalue weighted by molar-refractivity contribution is 0.277. The first-order valence-electron chi connectivity index (χ1n) is 4.71. The largest absolute Gasteiger partial charge is 0.477 e. The Morgan fingerprint density at radius 3 is 2.86 bits per heavy atom. The van der Waals surface area contributed by atoms with E-state index in [0.29, 0.717) is 18.4 Å². The number of ether oxygens (including phenoxy) is 1. The summed E-state index contributed by atoms with van der Waals surface area (Å²) in [6.45, 7) is 6.89. The lowest BCUT2D eigenvalue weighted by Gasteiger charge is -2.08. The molecule has 0 radical (unpaired) electrons. The summed E-state index contributed by atoms with van der Waals surface area (Å²) in [5.74, 6) is 1.22. The van der Waals surface area contributed by atoms with E-state index in [1.165, 1.54) is 0 Å². The molecule has 3 nitrogen and oxygen atoms in total. The van der Waals surface area contributed by atoms with Gasteiger partial charge in [0.1, 0.15) is 0 Å². The Balaban J connectivity index is 2.53. The number of nitrogens with zero attached hydrogens (tertiary/aromatic N) is 2. The average molecular weight is 215 g/mol. The van der Waals surface area contributed by atoms with Crippen molar-refractivity contribution in [2.45, 2.75) is 27.2 Å². The summed E-state index contributed by atoms with van der Waals surface area (Å²) in [4.78, 5) is 7.86. The molecule has 1 rings (SSSR count). The molecule has 0 aromatic carbocycles. The van der Waals surface area contributed by atoms with Crippen LogP contribution in [0.1, 0.15) is 25.8 Å². The zero-order chi connectivity index (χ0) is 10.6. The van der Waals surface area contributed by atoms with Gasteiger partial charge in [-0.1, -0.05) is 13.8 Å². The Morgan fingerprint density at radius 2 is 2.21 bits per heavy atom. The molecule has 78 valence electrons. The monoisotopic (exact) mass is 214 g/mol. The van der Waals surface area contributed by atoms with Gasteiger partial charge in [0.2, 0.25) is 11.2 Å². The van der Waals surface area contributed by atoms with Crippen LogP contribution >= 0.6 is 11.6 Å². The topological polar surface area (TPSA) is 35.0 Å². The van der Waals surface area contributed by atoms with Crippen LogP contribution in [0, 0.1) is 12.8 Å². The number of hydrogen-bond acceptors (Lipinski definition) is 3. The second-order valence-electron chi connectivity index (χ2n) is 3.66. The van der Waals surface area contributed by atoms with E-state index in [4.69, 9.17) is 16.3 Å². The highest BCUT2D eigenvalue weighted by atomic mass is 35.5. The molecule has 0 aliphatic carbocycles. The first-order valence-corrected chi connectivity index (χ1v) is 5.09. The van der Waals surface area contributed by atoms with Gasteiger partial charge in [-0.2, -0.15) is 4.98 Å². The smallest absolute Gasteiger partial charge is 0.225 e. The van der Waals surface area contributed by atoms with E-state index in [1.807, 2.05) is 6.92 Å². The third kappa shape index (κ3) is 3.50. The first kappa shape index (κ1) is 11.2. The molecule has 1 aromatic rings. The van der Waals surface area contributed by atoms with Gasteiger partial charge < -0.3 is 4.74 Å². The molecule has 0 amide bonds. The molecule has 0 aliphatic heterocycles. The Hall–Kier alpha value is -0.830. The second-order valence-corrected chi connectivity index (χ2v) is 4.00. The lowest BCUT2D eigenvalue weighted by atomic mass is 10.1. The Labute approximate surface area is 89.5 Å². The molecule has 0 spiro atoms. The predicted octanol–water partition coefficient (Wildman–Crippen LogP) is 2.86. The molecule has 14 heavy (non-hydrogen) atoms. The van der Waals surface area contributed by atoms with E-state index < -0.39 is 0 Å². The molecule has 1 heterocycles. The highest BCUT2D eigenvalue weighted by Gasteiger charge is 2.03. The summed E-state index contributed by atoms with van der Waals surface area (Å²) in [7, 11) is 0. The zero-order valence-corrected chi connectivity index (χ0v) is 9.51. The van der Waals surface area contributed by atoms with Crippen molar-refractivity contribution in [1.29, 1.82) is 0 Å². The number of hydrogen-bond donors (Lipinski definition) is 0. The van der Waals surface area contributed by atoms with Gasteiger partial charge in [0.05, 0.1) is 6.61 Å². The SMILES string of the molecule is Cc1cnc(Cl)nc1OCCC(C)C. The standard InChI is InChI=1S/C10H15ClN2O/c1-7(2)4-5-14-9-8(3)6-12-10(11)13-9/h6-7H,4-5H2,1-3H3. The fraction of sp³-hybridized carbons (Fsp3) is 0.600. The van der Waals surface area contributed by atoms with Crippen molar-refractivity contribution in [3.63, 3.8) is 0 Å². The number of aromatic nitrogens is 2. The van der Waals surface area contributed by atoms with Crippen LogP contribution in [0.5, 0.6) is 5.88 Å². The van der Waals surface area contributed by atoms with E-state index in [-0.39, 0.29) is 5.28 Å². The van der Waals surface area contributed by atoms with Gasteiger partial charge in [0.25, 0.3) is 0 Å². The zero-order valence-electron chi connectivity index (χ0n) is 8.75. The minimum Gasteiger partial charge on any atom is -0.477 e. The van der Waals surface area contributed by atoms with Crippen molar-refractivity contribution >= 4 is 11.6 Å². The minimum atomic E-state index is 0.232. The number of halogens is 1. The van der Waals surface area contributed by atoms with Crippen molar-refractivity contribution in [2.24, 2.45) is 5.92 Å². The minimum absolute atomic E-state index is 0.232. The summed E-state index contributed by atoms with van der Waals surface area (Å²) in [5.41, 5.74) is 0.915. The molecule has 0 N–H and O–H groups in total. The van der Waals surface area contributed by atoms with Crippen molar-refractivity contribution in [2.75, 3.05) is 6.61 Å². The van der Waals surface area contributed by atoms with Crippen LogP contribution in [0.3, 0.4) is 0 Å². The molecule has 0 saturated carbocycles. The van der Waals surface area contributed by atoms with E-state index in [9.17, 15) is 0 Å². The average Bonchev–Trinajstić information content (AvgIpc) is 2.10. The van der Waals surface area contributed by atoms with Crippen LogP contribution in [0.15, 0.2) is 6.20 Å². The molecule has 0 atom stereocenters. The van der Waals surface area contributed by atoms with Crippen molar-refractivity contribution in [3.05, 3.63) is 17.0 Å². The Morgan fingerprint density at radius 1 is 1.50 bits per heavy atom. The first-order chi connectivity index (χ1) is 6.59. The van der Waals surface area contributed by atoms with Crippen LogP contribution in [-0.2, 0) is 0 Å². The fourth-order valence-corrected chi connectivity index (χ4v) is 1.07. The lowest BCUT2D eigenvalue weighted by Crippen LogP contribution is -2.04. The van der Waals surface area contributed by atoms with E-state index in [2.05, 4.69) is 23.8 Å². The molecular weight excluding hydrogens is 200 g/mol. The highest BCUT2D eigenvalue weighted by Crippen LogP contribution is 2.15. The summed E-state index contributed by atoms with van der Waals surface area (Å²) in [6.07, 6.45) is 2.68. The van der Waals surface area contributed by atoms with Crippen LogP contribution in [-0.4, -0.2) is 16.6 Å². The molecular formula is C10H15ClN2O. The quantitative estimate of drug-likeness (QED) is 0.723. The maximum atomic E-state index is 5.66. The molecule has 4 heteroatoms. The molecule has 1 aromatic heterocycles. The van der Waals surface area contributed by atoms with Gasteiger partial charge in [-0.15, -0.1) is 0 Å². The van der Waals surface area contributed by atoms with Gasteiger partial charge in [-0.25, -0.2) is 4.98 Å². The van der Waals surface area contributed by atoms with E-state index in [1.54, 1.807) is 6.20 Å². The fourth-order valence-electron chi connectivity index (χ4n) is 0.944. The Bertz CT molecular complexity index is 302. The van der Waals surface area contributed by atoms with Crippen LogP contribution < -0.4 is 4.74 Å². The second kappa shape index (κ2) is 5.15. The molecule has 0 bridgehead atoms. The predicted molar refractivity (Wildman–Crippen MR) is 56.7 cm³/mol. The van der Waals surface area contributed by atoms with E-state index in [0.717, 1.165) is 12.0 Å². The van der Waals surface area contributed by atoms with Gasteiger partial charge in [0, 0.05) is 11.8 Å². The van der Waals surface area contributed by atoms with Crippen molar-refractivity contribution in [1.82, 2.24) is 9.97 Å². The number of aryl methyl sites for hydroxylation is 1. The third-order valence-corrected chi connectivity index (χ3v) is 2.01. The Kier molecular flexibility index (Phi) is 4.14. The number of rotatable bonds is 4. The van der Waals surface area contributed by atoms with E-state index >= 15 is 0 Å². The summed E-state index contributed by atoms with van der Waals surface area (Å²) in [5, 5.41) is 0.232. The summed E-state index contributed by atoms with van der Waals surface area (Å²) >= 11 is 5.66. The van der Waals surface area contributed by atoms with Gasteiger partial charge in [-0.05, 0) is 30.9 Å². The van der Waals surface area contributed by atoms with Crippen molar-refractivity contribution in [3.8, 4) is 5.88 Å². The van der Waals surface area contributed by atoms with Crippen LogP contribution in [0.4, 0.5) is 0 Å². The third-order valence-electron chi connectivity index (χ3n) is 1.83. The normalized spacial score (nSPS) is 10.6. The maximum absolute atomic E-state index is 5.66. The summed E-state index contributed by atoms with van der Waals surface area (Å²) < 4.78 is 5.49. The molecule has 0 unspecified atom stereocenters. The molecule has 0 saturated heterocycles. The van der Waals surface area contributed by atoms with Crippen LogP contribution in [0.2, 0.25) is 5.28 Å². The van der Waals surface area contributed by atoms with Gasteiger partial charge in [0.15, 0.2) is 0 Å². The highest BCUT2D eigenvalue weighted by molar-refractivity contribution is 6.28. The van der Waals surface area contributed by atoms with Crippen molar-refractivity contribution < 1.29 is 4.74 Å². The molecule has 0 aliphatic rings. The summed E-state index contributed by atoms with van der Waals surface area (Å²) in [6, 6.07) is 0. The van der Waals surface area contributed by atoms with Crippen LogP contribution in [0.25, 0.3) is 0 Å². The van der Waals surface area contributed by atoms with Gasteiger partial charge >= 0.3 is 0 Å². The molecule has 0 fully saturated rings.